The fraction of sp³-hybridized carbons (Fsp3) is 0.700. The Morgan fingerprint density at radius 3 is 2.54 bits per heavy atom. The van der Waals surface area contributed by atoms with Gasteiger partial charge in [0.15, 0.2) is 6.29 Å². The summed E-state index contributed by atoms with van der Waals surface area (Å²) < 4.78 is 29.2. The van der Waals surface area contributed by atoms with Crippen molar-refractivity contribution in [2.45, 2.75) is 71.1 Å². The van der Waals surface area contributed by atoms with Crippen LogP contribution in [0.15, 0.2) is 24.3 Å². The maximum atomic E-state index is 6.12. The predicted molar refractivity (Wildman–Crippen MR) is 101 cm³/mol. The van der Waals surface area contributed by atoms with Crippen LogP contribution < -0.4 is 5.46 Å². The summed E-state index contributed by atoms with van der Waals surface area (Å²) in [6.45, 7) is 10.7. The molecule has 1 unspecified atom stereocenters. The smallest absolute Gasteiger partial charge is 0.399 e. The molecule has 26 heavy (non-hydrogen) atoms. The van der Waals surface area contributed by atoms with Crippen molar-refractivity contribution >= 4 is 12.6 Å². The molecule has 0 bridgehead atoms. The van der Waals surface area contributed by atoms with E-state index < -0.39 is 0 Å². The first kappa shape index (κ1) is 19.8. The topological polar surface area (TPSA) is 46.2 Å². The van der Waals surface area contributed by atoms with Gasteiger partial charge in [-0.15, -0.1) is 0 Å². The molecule has 0 aliphatic carbocycles. The molecule has 0 N–H and O–H groups in total. The lowest BCUT2D eigenvalue weighted by molar-refractivity contribution is -0.169. The summed E-state index contributed by atoms with van der Waals surface area (Å²) in [5.41, 5.74) is 1.47. The van der Waals surface area contributed by atoms with Crippen LogP contribution in [0.4, 0.5) is 0 Å². The van der Waals surface area contributed by atoms with Gasteiger partial charge in [0.2, 0.25) is 0 Å². The molecule has 0 aromatic heterocycles. The Labute approximate surface area is 157 Å². The highest BCUT2D eigenvalue weighted by molar-refractivity contribution is 6.62. The molecule has 2 aliphatic rings. The molecule has 0 spiro atoms. The van der Waals surface area contributed by atoms with Crippen molar-refractivity contribution in [3.63, 3.8) is 0 Å². The van der Waals surface area contributed by atoms with Gasteiger partial charge >= 0.3 is 7.12 Å². The standard InChI is InChI=1S/C20H31BO5/c1-19(2)20(3,4)26-21(25-19)17-9-7-8-16(14-17)15-22-12-13-24-18-10-5-6-11-23-18/h7-9,14,18H,5-6,10-13,15H2,1-4H3. The van der Waals surface area contributed by atoms with Crippen LogP contribution in [0.3, 0.4) is 0 Å². The van der Waals surface area contributed by atoms with Crippen LogP contribution in [0.2, 0.25) is 0 Å². The lowest BCUT2D eigenvalue weighted by atomic mass is 9.78. The maximum Gasteiger partial charge on any atom is 0.494 e. The molecule has 1 atom stereocenters. The zero-order valence-corrected chi connectivity index (χ0v) is 16.5. The second-order valence-corrected chi connectivity index (χ2v) is 8.05. The highest BCUT2D eigenvalue weighted by Crippen LogP contribution is 2.36. The fourth-order valence-electron chi connectivity index (χ4n) is 3.08. The highest BCUT2D eigenvalue weighted by atomic mass is 16.7. The van der Waals surface area contributed by atoms with Gasteiger partial charge in [0.25, 0.3) is 0 Å². The van der Waals surface area contributed by atoms with Gasteiger partial charge in [0.1, 0.15) is 0 Å². The van der Waals surface area contributed by atoms with Gasteiger partial charge in [-0.3, -0.25) is 0 Å². The fourth-order valence-corrected chi connectivity index (χ4v) is 3.08. The molecule has 2 heterocycles. The Bertz CT molecular complexity index is 567. The summed E-state index contributed by atoms with van der Waals surface area (Å²) >= 11 is 0. The van der Waals surface area contributed by atoms with Crippen LogP contribution in [0, 0.1) is 0 Å². The average Bonchev–Trinajstić information content (AvgIpc) is 2.84. The highest BCUT2D eigenvalue weighted by Gasteiger charge is 2.51. The Kier molecular flexibility index (Phi) is 6.41. The Hall–Kier alpha value is -0.915. The Morgan fingerprint density at radius 1 is 1.08 bits per heavy atom. The number of hydrogen-bond donors (Lipinski definition) is 0. The van der Waals surface area contributed by atoms with E-state index in [1.807, 2.05) is 12.1 Å². The van der Waals surface area contributed by atoms with Crippen molar-refractivity contribution in [2.24, 2.45) is 0 Å². The molecular formula is C20H31BO5. The third-order valence-electron chi connectivity index (χ3n) is 5.41. The van der Waals surface area contributed by atoms with Gasteiger partial charge in [-0.25, -0.2) is 0 Å². The minimum absolute atomic E-state index is 0.0564. The first-order valence-corrected chi connectivity index (χ1v) is 9.63. The van der Waals surface area contributed by atoms with Crippen LogP contribution in [-0.4, -0.2) is 44.4 Å². The van der Waals surface area contributed by atoms with Crippen molar-refractivity contribution in [3.8, 4) is 0 Å². The van der Waals surface area contributed by atoms with Crippen molar-refractivity contribution in [2.75, 3.05) is 19.8 Å². The van der Waals surface area contributed by atoms with E-state index in [0.29, 0.717) is 19.8 Å². The maximum absolute atomic E-state index is 6.12. The molecule has 1 aromatic rings. The van der Waals surface area contributed by atoms with Crippen molar-refractivity contribution in [1.29, 1.82) is 0 Å². The molecule has 2 saturated heterocycles. The summed E-state index contributed by atoms with van der Waals surface area (Å²) in [6.07, 6.45) is 3.24. The van der Waals surface area contributed by atoms with Crippen molar-refractivity contribution < 1.29 is 23.5 Å². The van der Waals surface area contributed by atoms with Gasteiger partial charge in [-0.05, 0) is 58.0 Å². The zero-order chi connectivity index (χ0) is 18.6. The molecule has 6 heteroatoms. The van der Waals surface area contributed by atoms with E-state index in [1.165, 1.54) is 6.42 Å². The van der Waals surface area contributed by atoms with Crippen LogP contribution in [-0.2, 0) is 30.1 Å². The van der Waals surface area contributed by atoms with E-state index >= 15 is 0 Å². The van der Waals surface area contributed by atoms with E-state index in [4.69, 9.17) is 23.5 Å². The monoisotopic (exact) mass is 362 g/mol. The molecule has 144 valence electrons. The minimum Gasteiger partial charge on any atom is -0.399 e. The minimum atomic E-state index is -0.341. The lowest BCUT2D eigenvalue weighted by Crippen LogP contribution is -2.41. The number of rotatable bonds is 7. The Morgan fingerprint density at radius 2 is 1.85 bits per heavy atom. The van der Waals surface area contributed by atoms with E-state index in [0.717, 1.165) is 30.5 Å². The normalized spacial score (nSPS) is 24.8. The average molecular weight is 362 g/mol. The molecule has 0 radical (unpaired) electrons. The summed E-state index contributed by atoms with van der Waals surface area (Å²) in [6, 6.07) is 8.20. The quantitative estimate of drug-likeness (QED) is 0.551. The number of ether oxygens (including phenoxy) is 3. The molecule has 1 aromatic carbocycles. The second-order valence-electron chi connectivity index (χ2n) is 8.05. The van der Waals surface area contributed by atoms with Crippen LogP contribution >= 0.6 is 0 Å². The predicted octanol–water partition coefficient (Wildman–Crippen LogP) is 3.05. The first-order chi connectivity index (χ1) is 12.4. The van der Waals surface area contributed by atoms with E-state index in [9.17, 15) is 0 Å². The van der Waals surface area contributed by atoms with Crippen LogP contribution in [0.1, 0.15) is 52.5 Å². The van der Waals surface area contributed by atoms with E-state index in [2.05, 4.69) is 39.8 Å². The van der Waals surface area contributed by atoms with Gasteiger partial charge in [-0.1, -0.05) is 24.3 Å². The van der Waals surface area contributed by atoms with Gasteiger partial charge in [0, 0.05) is 6.61 Å². The first-order valence-electron chi connectivity index (χ1n) is 9.63. The third kappa shape index (κ3) is 4.87. The van der Waals surface area contributed by atoms with Crippen molar-refractivity contribution in [1.82, 2.24) is 0 Å². The van der Waals surface area contributed by atoms with Gasteiger partial charge in [-0.2, -0.15) is 0 Å². The molecule has 3 rings (SSSR count). The zero-order valence-electron chi connectivity index (χ0n) is 16.5. The molecule has 5 nitrogen and oxygen atoms in total. The molecule has 0 saturated carbocycles. The van der Waals surface area contributed by atoms with E-state index in [-0.39, 0.29) is 24.6 Å². The number of benzene rings is 1. The molecular weight excluding hydrogens is 331 g/mol. The third-order valence-corrected chi connectivity index (χ3v) is 5.41. The molecule has 2 fully saturated rings. The van der Waals surface area contributed by atoms with Crippen LogP contribution in [0.25, 0.3) is 0 Å². The molecule has 0 amide bonds. The number of hydrogen-bond acceptors (Lipinski definition) is 5. The van der Waals surface area contributed by atoms with Crippen molar-refractivity contribution in [3.05, 3.63) is 29.8 Å². The molecule has 2 aliphatic heterocycles. The summed E-state index contributed by atoms with van der Waals surface area (Å²) in [5.74, 6) is 0. The summed E-state index contributed by atoms with van der Waals surface area (Å²) in [7, 11) is -0.341. The second kappa shape index (κ2) is 8.40. The Balaban J connectivity index is 1.44. The summed E-state index contributed by atoms with van der Waals surface area (Å²) in [4.78, 5) is 0. The van der Waals surface area contributed by atoms with E-state index in [1.54, 1.807) is 0 Å². The van der Waals surface area contributed by atoms with Gasteiger partial charge < -0.3 is 23.5 Å². The van der Waals surface area contributed by atoms with Crippen LogP contribution in [0.5, 0.6) is 0 Å². The largest absolute Gasteiger partial charge is 0.494 e. The SMILES string of the molecule is CC1(C)OB(c2cccc(COCCOC3CCCCO3)c2)OC1(C)C. The van der Waals surface area contributed by atoms with Gasteiger partial charge in [0.05, 0.1) is 31.0 Å². The summed E-state index contributed by atoms with van der Waals surface area (Å²) in [5, 5.41) is 0. The lowest BCUT2D eigenvalue weighted by Gasteiger charge is -2.32.